The van der Waals surface area contributed by atoms with E-state index in [-0.39, 0.29) is 10.7 Å². The van der Waals surface area contributed by atoms with Gasteiger partial charge in [-0.15, -0.1) is 0 Å². The molecule has 0 bridgehead atoms. The van der Waals surface area contributed by atoms with Crippen molar-refractivity contribution in [2.45, 2.75) is 44.2 Å². The first-order valence-electron chi connectivity index (χ1n) is 9.41. The molecule has 0 heterocycles. The fourth-order valence-corrected chi connectivity index (χ4v) is 4.45. The van der Waals surface area contributed by atoms with Crippen molar-refractivity contribution in [2.24, 2.45) is 4.99 Å². The van der Waals surface area contributed by atoms with Crippen molar-refractivity contribution in [1.29, 1.82) is 0 Å². The highest BCUT2D eigenvalue weighted by Gasteiger charge is 2.24. The molecule has 0 amide bonds. The second-order valence-electron chi connectivity index (χ2n) is 7.70. The molecular formula is C21H29FN4O2S. The maximum atomic E-state index is 13.3. The summed E-state index contributed by atoms with van der Waals surface area (Å²) in [5.41, 5.74) is 0.948. The standard InChI is InChI=1S/C21H29FN4O2S/c1-21(2,3)26-29(27,28)19-11-6-5-9-17(19)15-25-20(23-4)24-13-12-16-8-7-10-18(22)14-16/h5-11,14,26H,12-13,15H2,1-4H3,(H2,23,24,25). The van der Waals surface area contributed by atoms with Gasteiger partial charge < -0.3 is 10.6 Å². The number of guanidine groups is 1. The van der Waals surface area contributed by atoms with E-state index in [0.717, 1.165) is 5.56 Å². The highest BCUT2D eigenvalue weighted by atomic mass is 32.2. The van der Waals surface area contributed by atoms with Crippen molar-refractivity contribution in [2.75, 3.05) is 13.6 Å². The first-order valence-corrected chi connectivity index (χ1v) is 10.9. The number of nitrogens with zero attached hydrogens (tertiary/aromatic N) is 1. The Labute approximate surface area is 172 Å². The number of benzene rings is 2. The molecule has 0 saturated carbocycles. The zero-order valence-corrected chi connectivity index (χ0v) is 18.1. The number of rotatable bonds is 7. The summed E-state index contributed by atoms with van der Waals surface area (Å²) in [7, 11) is -2.01. The maximum absolute atomic E-state index is 13.3. The van der Waals surface area contributed by atoms with Gasteiger partial charge in [0.05, 0.1) is 4.90 Å². The van der Waals surface area contributed by atoms with Crippen LogP contribution in [0.2, 0.25) is 0 Å². The average Bonchev–Trinajstić information content (AvgIpc) is 2.63. The van der Waals surface area contributed by atoms with Gasteiger partial charge in [-0.2, -0.15) is 0 Å². The first-order chi connectivity index (χ1) is 13.6. The molecule has 0 aliphatic rings. The topological polar surface area (TPSA) is 82.6 Å². The minimum atomic E-state index is -3.65. The van der Waals surface area contributed by atoms with Gasteiger partial charge in [-0.25, -0.2) is 17.5 Å². The van der Waals surface area contributed by atoms with Gasteiger partial charge >= 0.3 is 0 Å². The lowest BCUT2D eigenvalue weighted by molar-refractivity contribution is 0.491. The van der Waals surface area contributed by atoms with Crippen LogP contribution in [0, 0.1) is 5.82 Å². The van der Waals surface area contributed by atoms with Gasteiger partial charge in [0, 0.05) is 25.7 Å². The van der Waals surface area contributed by atoms with E-state index >= 15 is 0 Å². The minimum absolute atomic E-state index is 0.234. The number of aliphatic imine (C=N–C) groups is 1. The Bertz CT molecular complexity index is 953. The molecule has 3 N–H and O–H groups in total. The Balaban J connectivity index is 1.99. The van der Waals surface area contributed by atoms with Crippen LogP contribution in [0.5, 0.6) is 0 Å². The molecule has 2 rings (SSSR count). The largest absolute Gasteiger partial charge is 0.356 e. The van der Waals surface area contributed by atoms with Crippen molar-refractivity contribution in [3.63, 3.8) is 0 Å². The summed E-state index contributed by atoms with van der Waals surface area (Å²) in [4.78, 5) is 4.39. The molecule has 2 aromatic rings. The Kier molecular flexibility index (Phi) is 7.75. The predicted molar refractivity (Wildman–Crippen MR) is 115 cm³/mol. The molecule has 0 fully saturated rings. The van der Waals surface area contributed by atoms with Crippen LogP contribution in [-0.2, 0) is 23.0 Å². The van der Waals surface area contributed by atoms with Crippen LogP contribution in [0.15, 0.2) is 58.4 Å². The summed E-state index contributed by atoms with van der Waals surface area (Å²) in [6.45, 7) is 6.26. The summed E-state index contributed by atoms with van der Waals surface area (Å²) in [6.07, 6.45) is 0.638. The van der Waals surface area contributed by atoms with Crippen LogP contribution in [0.1, 0.15) is 31.9 Å². The molecule has 0 spiro atoms. The lowest BCUT2D eigenvalue weighted by Crippen LogP contribution is -2.41. The van der Waals surface area contributed by atoms with Crippen molar-refractivity contribution in [3.8, 4) is 0 Å². The van der Waals surface area contributed by atoms with Crippen molar-refractivity contribution < 1.29 is 12.8 Å². The van der Waals surface area contributed by atoms with Crippen LogP contribution >= 0.6 is 0 Å². The third-order valence-corrected chi connectivity index (χ3v) is 5.83. The highest BCUT2D eigenvalue weighted by Crippen LogP contribution is 2.17. The summed E-state index contributed by atoms with van der Waals surface area (Å²) in [5, 5.41) is 6.29. The molecule has 0 aliphatic heterocycles. The van der Waals surface area contributed by atoms with Crippen LogP contribution in [-0.4, -0.2) is 33.5 Å². The molecule has 0 aromatic heterocycles. The highest BCUT2D eigenvalue weighted by molar-refractivity contribution is 7.89. The van der Waals surface area contributed by atoms with E-state index in [1.165, 1.54) is 12.1 Å². The molecular weight excluding hydrogens is 391 g/mol. The van der Waals surface area contributed by atoms with E-state index < -0.39 is 15.6 Å². The van der Waals surface area contributed by atoms with E-state index in [9.17, 15) is 12.8 Å². The molecule has 0 atom stereocenters. The van der Waals surface area contributed by atoms with E-state index in [0.29, 0.717) is 31.0 Å². The summed E-state index contributed by atoms with van der Waals surface area (Å²) < 4.78 is 41.4. The number of sulfonamides is 1. The lowest BCUT2D eigenvalue weighted by Gasteiger charge is -2.22. The Hall–Kier alpha value is -2.45. The molecule has 29 heavy (non-hydrogen) atoms. The van der Waals surface area contributed by atoms with E-state index in [1.54, 1.807) is 58.2 Å². The Morgan fingerprint density at radius 2 is 1.79 bits per heavy atom. The number of hydrogen-bond donors (Lipinski definition) is 3. The normalized spacial score (nSPS) is 12.7. The molecule has 0 aliphatic carbocycles. The van der Waals surface area contributed by atoms with Gasteiger partial charge in [0.25, 0.3) is 0 Å². The number of hydrogen-bond acceptors (Lipinski definition) is 3. The Morgan fingerprint density at radius 1 is 1.07 bits per heavy atom. The molecule has 0 unspecified atom stereocenters. The van der Waals surface area contributed by atoms with E-state index in [4.69, 9.17) is 0 Å². The predicted octanol–water partition coefficient (Wildman–Crippen LogP) is 2.81. The zero-order valence-electron chi connectivity index (χ0n) is 17.3. The van der Waals surface area contributed by atoms with Crippen LogP contribution in [0.25, 0.3) is 0 Å². The van der Waals surface area contributed by atoms with Gasteiger partial charge in [0.1, 0.15) is 5.82 Å². The fraction of sp³-hybridized carbons (Fsp3) is 0.381. The SMILES string of the molecule is CN=C(NCCc1cccc(F)c1)NCc1ccccc1S(=O)(=O)NC(C)(C)C. The molecule has 0 saturated heterocycles. The van der Waals surface area contributed by atoms with Crippen molar-refractivity contribution >= 4 is 16.0 Å². The number of halogens is 1. The van der Waals surface area contributed by atoms with Crippen LogP contribution in [0.4, 0.5) is 4.39 Å². The third-order valence-electron chi connectivity index (χ3n) is 3.97. The first kappa shape index (κ1) is 22.8. The lowest BCUT2D eigenvalue weighted by atomic mass is 10.1. The molecule has 0 radical (unpaired) electrons. The molecule has 6 nitrogen and oxygen atoms in total. The number of nitrogens with one attached hydrogen (secondary N) is 3. The quantitative estimate of drug-likeness (QED) is 0.475. The van der Waals surface area contributed by atoms with Gasteiger partial charge in [0.2, 0.25) is 10.0 Å². The van der Waals surface area contributed by atoms with E-state index in [2.05, 4.69) is 20.3 Å². The van der Waals surface area contributed by atoms with Gasteiger partial charge in [-0.3, -0.25) is 4.99 Å². The third kappa shape index (κ3) is 7.47. The van der Waals surface area contributed by atoms with E-state index in [1.807, 2.05) is 6.07 Å². The van der Waals surface area contributed by atoms with Gasteiger partial charge in [-0.05, 0) is 56.5 Å². The van der Waals surface area contributed by atoms with Crippen molar-refractivity contribution in [1.82, 2.24) is 15.4 Å². The van der Waals surface area contributed by atoms with Crippen LogP contribution < -0.4 is 15.4 Å². The average molecular weight is 421 g/mol. The van der Waals surface area contributed by atoms with Crippen LogP contribution in [0.3, 0.4) is 0 Å². The van der Waals surface area contributed by atoms with Gasteiger partial charge in [-0.1, -0.05) is 30.3 Å². The second kappa shape index (κ2) is 9.84. The molecule has 2 aromatic carbocycles. The Morgan fingerprint density at radius 3 is 2.45 bits per heavy atom. The zero-order chi connectivity index (χ0) is 21.5. The minimum Gasteiger partial charge on any atom is -0.356 e. The maximum Gasteiger partial charge on any atom is 0.241 e. The smallest absolute Gasteiger partial charge is 0.241 e. The monoisotopic (exact) mass is 420 g/mol. The van der Waals surface area contributed by atoms with Gasteiger partial charge in [0.15, 0.2) is 5.96 Å². The fourth-order valence-electron chi connectivity index (χ4n) is 2.79. The second-order valence-corrected chi connectivity index (χ2v) is 9.35. The summed E-state index contributed by atoms with van der Waals surface area (Å²) in [5.74, 6) is 0.282. The molecule has 158 valence electrons. The summed E-state index contributed by atoms with van der Waals surface area (Å²) in [6, 6.07) is 13.3. The summed E-state index contributed by atoms with van der Waals surface area (Å²) >= 11 is 0. The van der Waals surface area contributed by atoms with Crippen molar-refractivity contribution in [3.05, 3.63) is 65.5 Å². The molecule has 8 heteroatoms.